The number of piperidine rings is 1. The summed E-state index contributed by atoms with van der Waals surface area (Å²) in [5, 5.41) is 18.0. The van der Waals surface area contributed by atoms with Crippen LogP contribution in [0.5, 0.6) is 0 Å². The van der Waals surface area contributed by atoms with Gasteiger partial charge in [-0.15, -0.1) is 0 Å². The number of aliphatic hydroxyl groups excluding tert-OH is 1. The molecule has 2 atom stereocenters. The average molecular weight is 458 g/mol. The molecule has 5 rings (SSSR count). The number of likely N-dealkylation sites (tertiary alicyclic amines) is 1. The topological polar surface area (TPSA) is 97.3 Å². The van der Waals surface area contributed by atoms with Crippen molar-refractivity contribution in [2.45, 2.75) is 38.1 Å². The Hall–Kier alpha value is -3.78. The molecule has 1 aliphatic rings. The van der Waals surface area contributed by atoms with E-state index in [4.69, 9.17) is 9.40 Å². The van der Waals surface area contributed by atoms with Gasteiger partial charge in [-0.05, 0) is 31.9 Å². The van der Waals surface area contributed by atoms with Gasteiger partial charge in [-0.3, -0.25) is 4.79 Å². The zero-order valence-corrected chi connectivity index (χ0v) is 19.0. The molecule has 8 heteroatoms. The van der Waals surface area contributed by atoms with Crippen molar-refractivity contribution in [1.82, 2.24) is 24.9 Å². The third kappa shape index (κ3) is 4.24. The smallest absolute Gasteiger partial charge is 0.256 e. The van der Waals surface area contributed by atoms with Gasteiger partial charge >= 0.3 is 0 Å². The van der Waals surface area contributed by atoms with E-state index < -0.39 is 0 Å². The minimum atomic E-state index is -0.0597. The summed E-state index contributed by atoms with van der Waals surface area (Å²) in [6.07, 6.45) is 5.33. The van der Waals surface area contributed by atoms with Gasteiger partial charge in [0, 0.05) is 31.2 Å². The van der Waals surface area contributed by atoms with Crippen LogP contribution in [0.15, 0.2) is 71.4 Å². The number of hydrogen-bond donors (Lipinski definition) is 1. The maximum absolute atomic E-state index is 13.7. The van der Waals surface area contributed by atoms with Crippen LogP contribution < -0.4 is 0 Å². The highest BCUT2D eigenvalue weighted by molar-refractivity contribution is 5.98. The highest BCUT2D eigenvalue weighted by Crippen LogP contribution is 2.35. The van der Waals surface area contributed by atoms with Crippen molar-refractivity contribution >= 4 is 5.91 Å². The number of hydrogen-bond acceptors (Lipinski definition) is 6. The Morgan fingerprint density at radius 2 is 1.79 bits per heavy atom. The van der Waals surface area contributed by atoms with Crippen LogP contribution in [-0.2, 0) is 6.42 Å². The molecule has 1 N–H and O–H groups in total. The van der Waals surface area contributed by atoms with Crippen LogP contribution in [0.1, 0.15) is 47.6 Å². The normalized spacial score (nSPS) is 18.2. The molecule has 3 heterocycles. The number of oxazole rings is 1. The molecule has 0 bridgehead atoms. The molecule has 8 nitrogen and oxygen atoms in total. The Balaban J connectivity index is 1.44. The van der Waals surface area contributed by atoms with E-state index in [9.17, 15) is 9.90 Å². The maximum Gasteiger partial charge on any atom is 0.256 e. The van der Waals surface area contributed by atoms with Gasteiger partial charge in [0.15, 0.2) is 11.7 Å². The number of para-hydroxylation sites is 1. The van der Waals surface area contributed by atoms with Gasteiger partial charge < -0.3 is 14.4 Å². The van der Waals surface area contributed by atoms with Crippen LogP contribution >= 0.6 is 0 Å². The quantitative estimate of drug-likeness (QED) is 0.472. The van der Waals surface area contributed by atoms with Gasteiger partial charge in [0.05, 0.1) is 35.3 Å². The van der Waals surface area contributed by atoms with Crippen molar-refractivity contribution in [2.24, 2.45) is 0 Å². The predicted molar refractivity (Wildman–Crippen MR) is 127 cm³/mol. The van der Waals surface area contributed by atoms with Crippen LogP contribution in [0.2, 0.25) is 0 Å². The lowest BCUT2D eigenvalue weighted by Crippen LogP contribution is -2.45. The largest absolute Gasteiger partial charge is 0.440 e. The predicted octanol–water partition coefficient (Wildman–Crippen LogP) is 3.87. The summed E-state index contributed by atoms with van der Waals surface area (Å²) in [5.41, 5.74) is 2.89. The van der Waals surface area contributed by atoms with Crippen LogP contribution in [-0.4, -0.2) is 55.1 Å². The standard InChI is InChI=1S/C26H27N5O3/c1-18-11-12-20(25-29-22(13-16-32)24(34-25)19-7-3-2-4-8-19)17-30(18)26(33)21-9-5-6-10-23(21)31-27-14-15-28-31/h2-10,14-15,18,20,32H,11-13,16-17H2,1H3/t18-,20?/m1/s1. The Labute approximate surface area is 197 Å². The Morgan fingerprint density at radius 1 is 1.06 bits per heavy atom. The fraction of sp³-hybridized carbons (Fsp3) is 0.308. The summed E-state index contributed by atoms with van der Waals surface area (Å²) in [4.78, 5) is 21.8. The number of carbonyl (C=O) groups is 1. The Bertz CT molecular complexity index is 1250. The number of nitrogens with zero attached hydrogens (tertiary/aromatic N) is 5. The van der Waals surface area contributed by atoms with Gasteiger partial charge in [0.2, 0.25) is 0 Å². The maximum atomic E-state index is 13.7. The minimum Gasteiger partial charge on any atom is -0.440 e. The lowest BCUT2D eigenvalue weighted by atomic mass is 9.92. The molecule has 1 fully saturated rings. The molecule has 2 aromatic heterocycles. The van der Waals surface area contributed by atoms with E-state index in [1.165, 1.54) is 4.80 Å². The first-order valence-electron chi connectivity index (χ1n) is 11.6. The number of aromatic nitrogens is 4. The summed E-state index contributed by atoms with van der Waals surface area (Å²) >= 11 is 0. The molecule has 1 saturated heterocycles. The number of amides is 1. The van der Waals surface area contributed by atoms with E-state index in [1.807, 2.05) is 59.5 Å². The SMILES string of the molecule is C[C@@H]1CCC(c2nc(CCO)c(-c3ccccc3)o2)CN1C(=O)c1ccccc1-n1nccn1. The first kappa shape index (κ1) is 22.0. The van der Waals surface area contributed by atoms with Crippen LogP contribution in [0.3, 0.4) is 0 Å². The molecule has 1 aliphatic heterocycles. The second kappa shape index (κ2) is 9.61. The summed E-state index contributed by atoms with van der Waals surface area (Å²) < 4.78 is 6.26. The average Bonchev–Trinajstić information content (AvgIpc) is 3.56. The third-order valence-corrected chi connectivity index (χ3v) is 6.36. The first-order chi connectivity index (χ1) is 16.7. The number of carbonyl (C=O) groups excluding carboxylic acids is 1. The van der Waals surface area contributed by atoms with Crippen LogP contribution in [0.25, 0.3) is 17.0 Å². The number of rotatable bonds is 6. The van der Waals surface area contributed by atoms with E-state index in [1.54, 1.807) is 12.4 Å². The van der Waals surface area contributed by atoms with Gasteiger partial charge in [-0.1, -0.05) is 42.5 Å². The second-order valence-corrected chi connectivity index (χ2v) is 8.58. The molecule has 174 valence electrons. The number of aliphatic hydroxyl groups is 1. The highest BCUT2D eigenvalue weighted by Gasteiger charge is 2.34. The third-order valence-electron chi connectivity index (χ3n) is 6.36. The molecule has 0 radical (unpaired) electrons. The summed E-state index contributed by atoms with van der Waals surface area (Å²) in [6.45, 7) is 2.58. The van der Waals surface area contributed by atoms with E-state index in [0.717, 1.165) is 24.1 Å². The summed E-state index contributed by atoms with van der Waals surface area (Å²) in [7, 11) is 0. The monoisotopic (exact) mass is 457 g/mol. The van der Waals surface area contributed by atoms with Crippen molar-refractivity contribution in [3.8, 4) is 17.0 Å². The lowest BCUT2D eigenvalue weighted by Gasteiger charge is -2.37. The highest BCUT2D eigenvalue weighted by atomic mass is 16.4. The molecule has 4 aromatic rings. The van der Waals surface area contributed by atoms with Crippen LogP contribution in [0.4, 0.5) is 0 Å². The zero-order chi connectivity index (χ0) is 23.5. The van der Waals surface area contributed by atoms with Gasteiger partial charge in [-0.25, -0.2) is 4.98 Å². The van der Waals surface area contributed by atoms with Gasteiger partial charge in [0.25, 0.3) is 5.91 Å². The first-order valence-corrected chi connectivity index (χ1v) is 11.6. The minimum absolute atomic E-state index is 0.00360. The van der Waals surface area contributed by atoms with Crippen molar-refractivity contribution in [3.63, 3.8) is 0 Å². The second-order valence-electron chi connectivity index (χ2n) is 8.58. The summed E-state index contributed by atoms with van der Waals surface area (Å²) in [5.74, 6) is 1.23. The fourth-order valence-electron chi connectivity index (χ4n) is 4.55. The van der Waals surface area contributed by atoms with E-state index in [2.05, 4.69) is 17.1 Å². The summed E-state index contributed by atoms with van der Waals surface area (Å²) in [6, 6.07) is 17.3. The molecule has 1 amide bonds. The molecular formula is C26H27N5O3. The van der Waals surface area contributed by atoms with E-state index in [-0.39, 0.29) is 24.5 Å². The van der Waals surface area contributed by atoms with Crippen molar-refractivity contribution in [2.75, 3.05) is 13.2 Å². The lowest BCUT2D eigenvalue weighted by molar-refractivity contribution is 0.0597. The van der Waals surface area contributed by atoms with E-state index in [0.29, 0.717) is 35.9 Å². The van der Waals surface area contributed by atoms with Crippen molar-refractivity contribution in [1.29, 1.82) is 0 Å². The number of benzene rings is 2. The molecule has 0 spiro atoms. The van der Waals surface area contributed by atoms with Gasteiger partial charge in [0.1, 0.15) is 0 Å². The van der Waals surface area contributed by atoms with Crippen molar-refractivity contribution < 1.29 is 14.3 Å². The van der Waals surface area contributed by atoms with Crippen molar-refractivity contribution in [3.05, 3.63) is 84.1 Å². The molecule has 1 unspecified atom stereocenters. The Kier molecular flexibility index (Phi) is 6.22. The molecule has 2 aromatic carbocycles. The van der Waals surface area contributed by atoms with E-state index >= 15 is 0 Å². The fourth-order valence-corrected chi connectivity index (χ4v) is 4.55. The Morgan fingerprint density at radius 3 is 2.56 bits per heavy atom. The molecule has 0 aliphatic carbocycles. The molecular weight excluding hydrogens is 430 g/mol. The van der Waals surface area contributed by atoms with Gasteiger partial charge in [-0.2, -0.15) is 15.0 Å². The zero-order valence-electron chi connectivity index (χ0n) is 19.0. The molecule has 0 saturated carbocycles. The van der Waals surface area contributed by atoms with Crippen LogP contribution in [0, 0.1) is 0 Å². The molecule has 34 heavy (non-hydrogen) atoms.